The molecule has 126 valence electrons. The number of nitrogens with zero attached hydrogens (tertiary/aromatic N) is 2. The van der Waals surface area contributed by atoms with Gasteiger partial charge in [-0.1, -0.05) is 42.1 Å². The maximum Gasteiger partial charge on any atom is 0.317 e. The van der Waals surface area contributed by atoms with E-state index < -0.39 is 0 Å². The molecule has 1 atom stereocenters. The number of thioether (sulfide) groups is 1. The van der Waals surface area contributed by atoms with E-state index in [-0.39, 0.29) is 17.2 Å². The lowest BCUT2D eigenvalue weighted by Gasteiger charge is -2.33. The molecule has 1 aliphatic heterocycles. The van der Waals surface area contributed by atoms with Crippen molar-refractivity contribution in [1.82, 2.24) is 15.1 Å². The van der Waals surface area contributed by atoms with Crippen molar-refractivity contribution in [3.63, 3.8) is 0 Å². The molecule has 1 saturated heterocycles. The number of benzene rings is 1. The highest BCUT2D eigenvalue weighted by atomic mass is 32.2. The zero-order valence-electron chi connectivity index (χ0n) is 13.8. The topological polar surface area (TPSA) is 52.7 Å². The number of carbonyl (C=O) groups excluding carboxylic acids is 2. The van der Waals surface area contributed by atoms with Gasteiger partial charge in [-0.05, 0) is 19.0 Å². The van der Waals surface area contributed by atoms with E-state index in [4.69, 9.17) is 0 Å². The number of piperazine rings is 1. The molecule has 1 aliphatic rings. The van der Waals surface area contributed by atoms with E-state index in [0.717, 1.165) is 32.6 Å². The summed E-state index contributed by atoms with van der Waals surface area (Å²) in [4.78, 5) is 27.8. The van der Waals surface area contributed by atoms with Gasteiger partial charge >= 0.3 is 6.03 Å². The second-order valence-corrected chi connectivity index (χ2v) is 7.13. The molecule has 2 rings (SSSR count). The summed E-state index contributed by atoms with van der Waals surface area (Å²) in [5.74, 6) is 0.601. The summed E-state index contributed by atoms with van der Waals surface area (Å²) in [7, 11) is 2.07. The second-order valence-electron chi connectivity index (χ2n) is 5.93. The monoisotopic (exact) mass is 335 g/mol. The summed E-state index contributed by atoms with van der Waals surface area (Å²) < 4.78 is 0. The average molecular weight is 335 g/mol. The van der Waals surface area contributed by atoms with Gasteiger partial charge < -0.3 is 15.1 Å². The summed E-state index contributed by atoms with van der Waals surface area (Å²) in [6.45, 7) is 4.87. The van der Waals surface area contributed by atoms with Crippen molar-refractivity contribution in [2.45, 2.75) is 19.4 Å². The van der Waals surface area contributed by atoms with Crippen LogP contribution in [0.3, 0.4) is 0 Å². The molecule has 1 heterocycles. The van der Waals surface area contributed by atoms with Crippen molar-refractivity contribution in [3.05, 3.63) is 35.9 Å². The van der Waals surface area contributed by atoms with Gasteiger partial charge in [0.1, 0.15) is 0 Å². The highest BCUT2D eigenvalue weighted by Crippen LogP contribution is 2.11. The third-order valence-electron chi connectivity index (χ3n) is 3.93. The Bertz CT molecular complexity index is 516. The number of hydrogen-bond donors (Lipinski definition) is 1. The number of urea groups is 1. The van der Waals surface area contributed by atoms with Crippen LogP contribution in [0.4, 0.5) is 4.79 Å². The molecule has 0 aliphatic carbocycles. The first-order valence-corrected chi connectivity index (χ1v) is 8.94. The summed E-state index contributed by atoms with van der Waals surface area (Å²) in [6.07, 6.45) is 0.737. The molecule has 23 heavy (non-hydrogen) atoms. The van der Waals surface area contributed by atoms with Crippen LogP contribution < -0.4 is 5.32 Å². The molecule has 5 nitrogen and oxygen atoms in total. The predicted molar refractivity (Wildman–Crippen MR) is 94.7 cm³/mol. The molecule has 6 heteroatoms. The number of amides is 2. The lowest BCUT2D eigenvalue weighted by Crippen LogP contribution is -2.53. The van der Waals surface area contributed by atoms with Gasteiger partial charge in [0.2, 0.25) is 0 Å². The fraction of sp³-hybridized carbons (Fsp3) is 0.529. The first-order valence-electron chi connectivity index (χ1n) is 7.96. The van der Waals surface area contributed by atoms with Crippen LogP contribution in [0.25, 0.3) is 0 Å². The number of nitrogens with one attached hydrogen (secondary N) is 1. The molecular weight excluding hydrogens is 310 g/mol. The Morgan fingerprint density at radius 3 is 2.43 bits per heavy atom. The fourth-order valence-electron chi connectivity index (χ4n) is 2.54. The van der Waals surface area contributed by atoms with E-state index >= 15 is 0 Å². The Morgan fingerprint density at radius 1 is 1.17 bits per heavy atom. The first kappa shape index (κ1) is 17.8. The van der Waals surface area contributed by atoms with E-state index in [0.29, 0.717) is 5.75 Å². The number of rotatable bonds is 5. The number of carbonyl (C=O) groups is 2. The molecule has 1 fully saturated rings. The van der Waals surface area contributed by atoms with Gasteiger partial charge in [0, 0.05) is 44.9 Å². The Balaban J connectivity index is 1.93. The van der Waals surface area contributed by atoms with E-state index in [1.807, 2.05) is 35.2 Å². The molecule has 1 N–H and O–H groups in total. The molecular formula is C17H25N3O2S. The maximum absolute atomic E-state index is 12.5. The van der Waals surface area contributed by atoms with Crippen LogP contribution in [0.2, 0.25) is 0 Å². The van der Waals surface area contributed by atoms with Gasteiger partial charge in [0.05, 0.1) is 0 Å². The molecule has 0 spiro atoms. The van der Waals surface area contributed by atoms with Crippen molar-refractivity contribution in [2.24, 2.45) is 0 Å². The smallest absolute Gasteiger partial charge is 0.317 e. The average Bonchev–Trinajstić information content (AvgIpc) is 2.54. The first-order chi connectivity index (χ1) is 11.0. The predicted octanol–water partition coefficient (Wildman–Crippen LogP) is 1.83. The minimum atomic E-state index is -0.0431. The molecule has 1 unspecified atom stereocenters. The van der Waals surface area contributed by atoms with Crippen LogP contribution in [-0.2, 0) is 11.2 Å². The van der Waals surface area contributed by atoms with E-state index in [1.54, 1.807) is 6.92 Å². The third kappa shape index (κ3) is 6.23. The Morgan fingerprint density at radius 2 is 1.83 bits per heavy atom. The van der Waals surface area contributed by atoms with Gasteiger partial charge in [0.25, 0.3) is 0 Å². The Labute approximate surface area is 142 Å². The zero-order valence-corrected chi connectivity index (χ0v) is 14.6. The van der Waals surface area contributed by atoms with Gasteiger partial charge in [-0.15, -0.1) is 0 Å². The SMILES string of the molecule is CC(=O)SCC(Cc1ccccc1)NC(=O)N1CCN(C)CC1. The van der Waals surface area contributed by atoms with Crippen molar-refractivity contribution < 1.29 is 9.59 Å². The van der Waals surface area contributed by atoms with Gasteiger partial charge in [-0.3, -0.25) is 4.79 Å². The zero-order chi connectivity index (χ0) is 16.7. The van der Waals surface area contributed by atoms with Gasteiger partial charge in [-0.25, -0.2) is 4.79 Å². The van der Waals surface area contributed by atoms with E-state index in [9.17, 15) is 9.59 Å². The minimum Gasteiger partial charge on any atom is -0.334 e. The highest BCUT2D eigenvalue weighted by molar-refractivity contribution is 8.13. The van der Waals surface area contributed by atoms with Crippen LogP contribution in [0.1, 0.15) is 12.5 Å². The molecule has 1 aromatic carbocycles. The standard InChI is InChI=1S/C17H25N3O2S/c1-14(21)23-13-16(12-15-6-4-3-5-7-15)18-17(22)20-10-8-19(2)9-11-20/h3-7,16H,8-13H2,1-2H3,(H,18,22). The quantitative estimate of drug-likeness (QED) is 0.892. The van der Waals surface area contributed by atoms with Crippen LogP contribution in [0, 0.1) is 0 Å². The lowest BCUT2D eigenvalue weighted by atomic mass is 10.1. The summed E-state index contributed by atoms with van der Waals surface area (Å²) in [6, 6.07) is 9.99. The fourth-order valence-corrected chi connectivity index (χ4v) is 3.18. The summed E-state index contributed by atoms with van der Waals surface area (Å²) >= 11 is 1.27. The van der Waals surface area contributed by atoms with Crippen molar-refractivity contribution >= 4 is 22.9 Å². The van der Waals surface area contributed by atoms with Crippen molar-refractivity contribution in [3.8, 4) is 0 Å². The molecule has 0 aromatic heterocycles. The van der Waals surface area contributed by atoms with E-state index in [2.05, 4.69) is 17.3 Å². The van der Waals surface area contributed by atoms with Gasteiger partial charge in [0.15, 0.2) is 5.12 Å². The Kier molecular flexibility index (Phi) is 6.92. The summed E-state index contributed by atoms with van der Waals surface area (Å²) in [5.41, 5.74) is 1.17. The minimum absolute atomic E-state index is 0.0248. The largest absolute Gasteiger partial charge is 0.334 e. The Hall–Kier alpha value is -1.53. The second kappa shape index (κ2) is 8.93. The van der Waals surface area contributed by atoms with Crippen LogP contribution >= 0.6 is 11.8 Å². The molecule has 2 amide bonds. The number of likely N-dealkylation sites (N-methyl/N-ethyl adjacent to an activating group) is 1. The molecule has 0 bridgehead atoms. The van der Waals surface area contributed by atoms with Crippen molar-refractivity contribution in [1.29, 1.82) is 0 Å². The molecule has 1 aromatic rings. The summed E-state index contributed by atoms with van der Waals surface area (Å²) in [5, 5.41) is 3.18. The van der Waals surface area contributed by atoms with Crippen LogP contribution in [0.15, 0.2) is 30.3 Å². The lowest BCUT2D eigenvalue weighted by molar-refractivity contribution is -0.109. The highest BCUT2D eigenvalue weighted by Gasteiger charge is 2.22. The van der Waals surface area contributed by atoms with E-state index in [1.165, 1.54) is 17.3 Å². The molecule has 0 saturated carbocycles. The molecule has 0 radical (unpaired) electrons. The van der Waals surface area contributed by atoms with Gasteiger partial charge in [-0.2, -0.15) is 0 Å². The van der Waals surface area contributed by atoms with Crippen LogP contribution in [-0.4, -0.2) is 66.0 Å². The van der Waals surface area contributed by atoms with Crippen LogP contribution in [0.5, 0.6) is 0 Å². The third-order valence-corrected chi connectivity index (χ3v) is 4.91. The normalized spacial score (nSPS) is 16.9. The maximum atomic E-state index is 12.5. The number of hydrogen-bond acceptors (Lipinski definition) is 4. The van der Waals surface area contributed by atoms with Crippen molar-refractivity contribution in [2.75, 3.05) is 39.0 Å².